The average molecular weight is 392 g/mol. The van der Waals surface area contributed by atoms with E-state index in [1.165, 1.54) is 11.8 Å². The highest BCUT2D eigenvalue weighted by molar-refractivity contribution is 7.99. The molecule has 1 amide bonds. The maximum atomic E-state index is 12.7. The van der Waals surface area contributed by atoms with Crippen LogP contribution >= 0.6 is 11.8 Å². The third-order valence-corrected chi connectivity index (χ3v) is 5.77. The van der Waals surface area contributed by atoms with Crippen LogP contribution < -0.4 is 4.90 Å². The van der Waals surface area contributed by atoms with E-state index in [-0.39, 0.29) is 17.4 Å². The Morgan fingerprint density at radius 1 is 1.11 bits per heavy atom. The molecule has 2 aromatic carbocycles. The van der Waals surface area contributed by atoms with Crippen LogP contribution in [0.15, 0.2) is 59.8 Å². The predicted octanol–water partition coefficient (Wildman–Crippen LogP) is 3.58. The van der Waals surface area contributed by atoms with Crippen LogP contribution in [0.4, 0.5) is 5.69 Å². The smallest absolute Gasteiger partial charge is 0.227 e. The van der Waals surface area contributed by atoms with Crippen molar-refractivity contribution in [1.82, 2.24) is 14.8 Å². The van der Waals surface area contributed by atoms with Gasteiger partial charge in [-0.05, 0) is 18.6 Å². The van der Waals surface area contributed by atoms with Gasteiger partial charge in [0.15, 0.2) is 16.8 Å². The summed E-state index contributed by atoms with van der Waals surface area (Å²) in [5, 5.41) is 9.16. The first kappa shape index (κ1) is 18.4. The standard InChI is InChI=1S/C21H20N4O2S/c1-24-20(15-7-3-2-4-8-15)22-23-21(24)28-14-18(26)16-9-5-10-17(13-16)25-12-6-11-19(25)27/h2-5,7-10,13H,6,11-12,14H2,1H3. The maximum Gasteiger partial charge on any atom is 0.227 e. The molecule has 28 heavy (non-hydrogen) atoms. The van der Waals surface area contributed by atoms with Gasteiger partial charge in [-0.1, -0.05) is 54.2 Å². The van der Waals surface area contributed by atoms with Crippen LogP contribution in [0.1, 0.15) is 23.2 Å². The molecular formula is C21H20N4O2S. The van der Waals surface area contributed by atoms with Crippen LogP contribution in [-0.2, 0) is 11.8 Å². The van der Waals surface area contributed by atoms with Crippen molar-refractivity contribution in [3.05, 3.63) is 60.2 Å². The topological polar surface area (TPSA) is 68.1 Å². The zero-order valence-corrected chi connectivity index (χ0v) is 16.4. The Morgan fingerprint density at radius 3 is 2.68 bits per heavy atom. The molecule has 0 spiro atoms. The molecular weight excluding hydrogens is 372 g/mol. The molecule has 1 aliphatic heterocycles. The van der Waals surface area contributed by atoms with Gasteiger partial charge < -0.3 is 9.47 Å². The summed E-state index contributed by atoms with van der Waals surface area (Å²) in [5.74, 6) is 1.15. The lowest BCUT2D eigenvalue weighted by Gasteiger charge is -2.16. The lowest BCUT2D eigenvalue weighted by atomic mass is 10.1. The van der Waals surface area contributed by atoms with Gasteiger partial charge in [-0.3, -0.25) is 9.59 Å². The number of anilines is 1. The number of carbonyl (C=O) groups is 2. The molecule has 1 fully saturated rings. The highest BCUT2D eigenvalue weighted by Crippen LogP contribution is 2.25. The monoisotopic (exact) mass is 392 g/mol. The number of ketones is 1. The highest BCUT2D eigenvalue weighted by Gasteiger charge is 2.22. The van der Waals surface area contributed by atoms with Crippen LogP contribution in [0.3, 0.4) is 0 Å². The Morgan fingerprint density at radius 2 is 1.93 bits per heavy atom. The molecule has 7 heteroatoms. The molecule has 3 aromatic rings. The minimum Gasteiger partial charge on any atom is -0.312 e. The van der Waals surface area contributed by atoms with Gasteiger partial charge in [0.1, 0.15) is 0 Å². The van der Waals surface area contributed by atoms with E-state index < -0.39 is 0 Å². The van der Waals surface area contributed by atoms with Crippen molar-refractivity contribution in [2.24, 2.45) is 7.05 Å². The number of hydrogen-bond acceptors (Lipinski definition) is 5. The molecule has 2 heterocycles. The number of Topliss-reactive ketones (excluding diaryl/α,β-unsaturated/α-hetero) is 1. The molecule has 1 aliphatic rings. The van der Waals surface area contributed by atoms with Gasteiger partial charge in [0.25, 0.3) is 0 Å². The summed E-state index contributed by atoms with van der Waals surface area (Å²) in [6.45, 7) is 0.715. The fourth-order valence-electron chi connectivity index (χ4n) is 3.26. The number of rotatable bonds is 6. The van der Waals surface area contributed by atoms with E-state index in [0.717, 1.165) is 23.5 Å². The zero-order chi connectivity index (χ0) is 19.5. The number of benzene rings is 2. The number of aromatic nitrogens is 3. The van der Waals surface area contributed by atoms with Crippen molar-refractivity contribution in [1.29, 1.82) is 0 Å². The normalized spacial score (nSPS) is 13.9. The Kier molecular flexibility index (Phi) is 5.25. The first-order valence-electron chi connectivity index (χ1n) is 9.15. The van der Waals surface area contributed by atoms with E-state index in [0.29, 0.717) is 23.7 Å². The molecule has 1 aromatic heterocycles. The number of thioether (sulfide) groups is 1. The largest absolute Gasteiger partial charge is 0.312 e. The molecule has 0 unspecified atom stereocenters. The first-order valence-corrected chi connectivity index (χ1v) is 10.1. The van der Waals surface area contributed by atoms with Gasteiger partial charge in [-0.15, -0.1) is 10.2 Å². The number of nitrogens with zero attached hydrogens (tertiary/aromatic N) is 4. The van der Waals surface area contributed by atoms with Crippen LogP contribution in [0.2, 0.25) is 0 Å². The Labute approximate surface area is 167 Å². The third kappa shape index (κ3) is 3.71. The van der Waals surface area contributed by atoms with Crippen molar-refractivity contribution in [2.75, 3.05) is 17.2 Å². The van der Waals surface area contributed by atoms with Crippen LogP contribution in [0.5, 0.6) is 0 Å². The molecule has 0 saturated carbocycles. The van der Waals surface area contributed by atoms with Gasteiger partial charge in [0.05, 0.1) is 5.75 Å². The number of hydrogen-bond donors (Lipinski definition) is 0. The SMILES string of the molecule is Cn1c(SCC(=O)c2cccc(N3CCCC3=O)c2)nnc1-c1ccccc1. The van der Waals surface area contributed by atoms with E-state index in [4.69, 9.17) is 0 Å². The fourth-order valence-corrected chi connectivity index (χ4v) is 4.07. The molecule has 0 aliphatic carbocycles. The summed E-state index contributed by atoms with van der Waals surface area (Å²) < 4.78 is 1.90. The van der Waals surface area contributed by atoms with Gasteiger partial charge >= 0.3 is 0 Å². The zero-order valence-electron chi connectivity index (χ0n) is 15.5. The summed E-state index contributed by atoms with van der Waals surface area (Å²) in [6, 6.07) is 17.1. The molecule has 0 N–H and O–H groups in total. The third-order valence-electron chi connectivity index (χ3n) is 4.75. The summed E-state index contributed by atoms with van der Waals surface area (Å²) >= 11 is 1.36. The molecule has 0 bridgehead atoms. The predicted molar refractivity (Wildman–Crippen MR) is 110 cm³/mol. The maximum absolute atomic E-state index is 12.7. The van der Waals surface area contributed by atoms with E-state index in [1.54, 1.807) is 17.0 Å². The van der Waals surface area contributed by atoms with Gasteiger partial charge in [0, 0.05) is 36.8 Å². The molecule has 0 radical (unpaired) electrons. The number of amides is 1. The quantitative estimate of drug-likeness (QED) is 0.474. The van der Waals surface area contributed by atoms with Crippen molar-refractivity contribution >= 4 is 29.1 Å². The molecule has 0 atom stereocenters. The van der Waals surface area contributed by atoms with E-state index in [1.807, 2.05) is 54.1 Å². The van der Waals surface area contributed by atoms with Crippen molar-refractivity contribution < 1.29 is 9.59 Å². The van der Waals surface area contributed by atoms with Gasteiger partial charge in [-0.2, -0.15) is 0 Å². The lowest BCUT2D eigenvalue weighted by Crippen LogP contribution is -2.23. The summed E-state index contributed by atoms with van der Waals surface area (Å²) in [5.41, 5.74) is 2.39. The summed E-state index contributed by atoms with van der Waals surface area (Å²) in [6.07, 6.45) is 1.44. The molecule has 142 valence electrons. The molecule has 4 rings (SSSR count). The Balaban J connectivity index is 1.45. The van der Waals surface area contributed by atoms with E-state index in [2.05, 4.69) is 10.2 Å². The fraction of sp³-hybridized carbons (Fsp3) is 0.238. The number of carbonyl (C=O) groups excluding carboxylic acids is 2. The summed E-state index contributed by atoms with van der Waals surface area (Å²) in [4.78, 5) is 26.4. The van der Waals surface area contributed by atoms with Crippen molar-refractivity contribution in [3.8, 4) is 11.4 Å². The highest BCUT2D eigenvalue weighted by atomic mass is 32.2. The molecule has 6 nitrogen and oxygen atoms in total. The minimum atomic E-state index is 0.00255. The minimum absolute atomic E-state index is 0.00255. The average Bonchev–Trinajstić information content (AvgIpc) is 3.32. The van der Waals surface area contributed by atoms with Gasteiger partial charge in [0.2, 0.25) is 5.91 Å². The summed E-state index contributed by atoms with van der Waals surface area (Å²) in [7, 11) is 1.90. The van der Waals surface area contributed by atoms with Crippen molar-refractivity contribution in [3.63, 3.8) is 0 Å². The molecule has 1 saturated heterocycles. The first-order chi connectivity index (χ1) is 13.6. The second-order valence-corrected chi connectivity index (χ2v) is 7.58. The van der Waals surface area contributed by atoms with Crippen LogP contribution in [0, 0.1) is 0 Å². The Hall–Kier alpha value is -2.93. The van der Waals surface area contributed by atoms with Gasteiger partial charge in [-0.25, -0.2) is 0 Å². The lowest BCUT2D eigenvalue weighted by molar-refractivity contribution is -0.117. The van der Waals surface area contributed by atoms with Crippen LogP contribution in [-0.4, -0.2) is 38.8 Å². The van der Waals surface area contributed by atoms with E-state index in [9.17, 15) is 9.59 Å². The second-order valence-electron chi connectivity index (χ2n) is 6.64. The Bertz CT molecular complexity index is 1020. The second kappa shape index (κ2) is 7.98. The van der Waals surface area contributed by atoms with Crippen LogP contribution in [0.25, 0.3) is 11.4 Å². The van der Waals surface area contributed by atoms with E-state index >= 15 is 0 Å². The van der Waals surface area contributed by atoms with Crippen molar-refractivity contribution in [2.45, 2.75) is 18.0 Å².